The van der Waals surface area contributed by atoms with E-state index in [2.05, 4.69) is 0 Å². The van der Waals surface area contributed by atoms with Crippen molar-refractivity contribution in [1.82, 2.24) is 0 Å². The Hall–Kier alpha value is -1.66. The highest BCUT2D eigenvalue weighted by Crippen LogP contribution is 2.32. The number of rotatable bonds is 2. The van der Waals surface area contributed by atoms with Crippen molar-refractivity contribution in [1.29, 1.82) is 0 Å². The van der Waals surface area contributed by atoms with Gasteiger partial charge in [-0.2, -0.15) is 0 Å². The third kappa shape index (κ3) is 2.29. The molecule has 0 spiro atoms. The molecule has 1 saturated heterocycles. The van der Waals surface area contributed by atoms with E-state index in [-0.39, 0.29) is 19.0 Å². The van der Waals surface area contributed by atoms with Gasteiger partial charge in [-0.15, -0.1) is 0 Å². The van der Waals surface area contributed by atoms with Gasteiger partial charge in [0.25, 0.3) is 0 Å². The Balaban J connectivity index is 2.38. The number of piperidine rings is 1. The van der Waals surface area contributed by atoms with Crippen LogP contribution in [0.4, 0.5) is 27.6 Å². The molecule has 0 unspecified atom stereocenters. The number of anilines is 1. The summed E-state index contributed by atoms with van der Waals surface area (Å²) in [6.07, 6.45) is 1.38. The number of halogens is 5. The van der Waals surface area contributed by atoms with Crippen molar-refractivity contribution >= 4 is 12.0 Å². The van der Waals surface area contributed by atoms with Crippen LogP contribution in [0.5, 0.6) is 0 Å². The first-order chi connectivity index (χ1) is 8.97. The number of aldehydes is 1. The summed E-state index contributed by atoms with van der Waals surface area (Å²) in [4.78, 5) is 11.6. The Bertz CT molecular complexity index is 482. The summed E-state index contributed by atoms with van der Waals surface area (Å²) >= 11 is 0. The van der Waals surface area contributed by atoms with E-state index < -0.39 is 34.8 Å². The smallest absolute Gasteiger partial charge is 0.200 e. The number of carbonyl (C=O) groups is 1. The molecule has 0 amide bonds. The zero-order valence-electron chi connectivity index (χ0n) is 9.73. The monoisotopic (exact) mass is 279 g/mol. The largest absolute Gasteiger partial charge is 0.367 e. The number of carbonyl (C=O) groups excluding carboxylic acids is 1. The molecule has 0 saturated carbocycles. The zero-order valence-corrected chi connectivity index (χ0v) is 9.73. The Morgan fingerprint density at radius 2 is 1.26 bits per heavy atom. The molecule has 1 aromatic rings. The molecule has 0 atom stereocenters. The summed E-state index contributed by atoms with van der Waals surface area (Å²) in [5.74, 6) is -9.97. The van der Waals surface area contributed by atoms with Crippen LogP contribution in [0.25, 0.3) is 0 Å². The maximum atomic E-state index is 13.5. The van der Waals surface area contributed by atoms with Crippen molar-refractivity contribution in [3.8, 4) is 0 Å². The minimum atomic E-state index is -2.17. The normalized spacial score (nSPS) is 16.8. The lowest BCUT2D eigenvalue weighted by Gasteiger charge is -2.32. The van der Waals surface area contributed by atoms with Crippen LogP contribution in [0.2, 0.25) is 0 Å². The molecule has 7 heteroatoms. The van der Waals surface area contributed by atoms with Crippen LogP contribution in [-0.2, 0) is 4.79 Å². The van der Waals surface area contributed by atoms with E-state index in [0.29, 0.717) is 12.8 Å². The van der Waals surface area contributed by atoms with Crippen molar-refractivity contribution in [3.05, 3.63) is 29.1 Å². The van der Waals surface area contributed by atoms with Gasteiger partial charge in [0, 0.05) is 19.0 Å². The van der Waals surface area contributed by atoms with Gasteiger partial charge in [0.15, 0.2) is 23.3 Å². The molecule has 0 bridgehead atoms. The van der Waals surface area contributed by atoms with Gasteiger partial charge in [-0.25, -0.2) is 22.0 Å². The molecule has 0 N–H and O–H groups in total. The fraction of sp³-hybridized carbons (Fsp3) is 0.417. The second kappa shape index (κ2) is 5.14. The maximum Gasteiger partial charge on any atom is 0.200 e. The van der Waals surface area contributed by atoms with Gasteiger partial charge >= 0.3 is 0 Å². The second-order valence-electron chi connectivity index (χ2n) is 4.38. The van der Waals surface area contributed by atoms with E-state index in [1.54, 1.807) is 0 Å². The summed E-state index contributed by atoms with van der Waals surface area (Å²) in [5.41, 5.74) is -0.916. The van der Waals surface area contributed by atoms with Gasteiger partial charge in [0.2, 0.25) is 5.82 Å². The SMILES string of the molecule is O=CC1CCN(c2c(F)c(F)c(F)c(F)c2F)CC1. The molecular weight excluding hydrogens is 269 g/mol. The number of benzene rings is 1. The van der Waals surface area contributed by atoms with Crippen molar-refractivity contribution in [3.63, 3.8) is 0 Å². The van der Waals surface area contributed by atoms with E-state index in [1.807, 2.05) is 0 Å². The lowest BCUT2D eigenvalue weighted by molar-refractivity contribution is -0.111. The fourth-order valence-electron chi connectivity index (χ4n) is 2.13. The minimum Gasteiger partial charge on any atom is -0.367 e. The average molecular weight is 279 g/mol. The first-order valence-corrected chi connectivity index (χ1v) is 5.69. The van der Waals surface area contributed by atoms with Crippen LogP contribution in [0.15, 0.2) is 0 Å². The Labute approximate surface area is 105 Å². The molecule has 0 radical (unpaired) electrons. The van der Waals surface area contributed by atoms with Crippen LogP contribution >= 0.6 is 0 Å². The highest BCUT2D eigenvalue weighted by Gasteiger charge is 2.30. The summed E-state index contributed by atoms with van der Waals surface area (Å²) in [7, 11) is 0. The molecule has 104 valence electrons. The van der Waals surface area contributed by atoms with Crippen LogP contribution in [0.1, 0.15) is 12.8 Å². The lowest BCUT2D eigenvalue weighted by Crippen LogP contribution is -2.35. The first-order valence-electron chi connectivity index (χ1n) is 5.69. The van der Waals surface area contributed by atoms with Gasteiger partial charge in [0.1, 0.15) is 12.0 Å². The third-order valence-electron chi connectivity index (χ3n) is 3.23. The predicted molar refractivity (Wildman–Crippen MR) is 57.2 cm³/mol. The van der Waals surface area contributed by atoms with Gasteiger partial charge in [0.05, 0.1) is 0 Å². The Kier molecular flexibility index (Phi) is 3.73. The topological polar surface area (TPSA) is 20.3 Å². The van der Waals surface area contributed by atoms with E-state index >= 15 is 0 Å². The summed E-state index contributed by atoms with van der Waals surface area (Å²) in [6.45, 7) is 0.142. The van der Waals surface area contributed by atoms with Gasteiger partial charge < -0.3 is 9.69 Å². The molecule has 2 nitrogen and oxygen atoms in total. The molecule has 1 heterocycles. The fourth-order valence-corrected chi connectivity index (χ4v) is 2.13. The Morgan fingerprint density at radius 3 is 1.68 bits per heavy atom. The van der Waals surface area contributed by atoms with Gasteiger partial charge in [-0.1, -0.05) is 0 Å². The van der Waals surface area contributed by atoms with Crippen molar-refractivity contribution in [2.24, 2.45) is 5.92 Å². The third-order valence-corrected chi connectivity index (χ3v) is 3.23. The molecule has 2 rings (SSSR count). The number of nitrogens with zero attached hydrogens (tertiary/aromatic N) is 1. The highest BCUT2D eigenvalue weighted by atomic mass is 19.2. The summed E-state index contributed by atoms with van der Waals surface area (Å²) < 4.78 is 66.1. The van der Waals surface area contributed by atoms with E-state index in [9.17, 15) is 26.7 Å². The quantitative estimate of drug-likeness (QED) is 0.359. The minimum absolute atomic E-state index is 0.0712. The highest BCUT2D eigenvalue weighted by molar-refractivity contribution is 5.56. The average Bonchev–Trinajstić information content (AvgIpc) is 2.44. The van der Waals surface area contributed by atoms with Crippen LogP contribution in [0.3, 0.4) is 0 Å². The van der Waals surface area contributed by atoms with Crippen LogP contribution in [-0.4, -0.2) is 19.4 Å². The van der Waals surface area contributed by atoms with E-state index in [4.69, 9.17) is 0 Å². The summed E-state index contributed by atoms with van der Waals surface area (Å²) in [5, 5.41) is 0. The van der Waals surface area contributed by atoms with Crippen molar-refractivity contribution in [2.45, 2.75) is 12.8 Å². The number of hydrogen-bond donors (Lipinski definition) is 0. The van der Waals surface area contributed by atoms with Crippen LogP contribution < -0.4 is 4.90 Å². The molecule has 19 heavy (non-hydrogen) atoms. The molecule has 1 aromatic carbocycles. The lowest BCUT2D eigenvalue weighted by atomic mass is 9.98. The predicted octanol–water partition coefficient (Wildman–Crippen LogP) is 2.80. The second-order valence-corrected chi connectivity index (χ2v) is 4.38. The van der Waals surface area contributed by atoms with Crippen LogP contribution in [0, 0.1) is 35.0 Å². The van der Waals surface area contributed by atoms with Crippen molar-refractivity contribution < 1.29 is 26.7 Å². The van der Waals surface area contributed by atoms with Crippen molar-refractivity contribution in [2.75, 3.05) is 18.0 Å². The molecule has 1 aliphatic heterocycles. The number of hydrogen-bond acceptors (Lipinski definition) is 2. The zero-order chi connectivity index (χ0) is 14.2. The van der Waals surface area contributed by atoms with Gasteiger partial charge in [-0.3, -0.25) is 0 Å². The molecular formula is C12H10F5NO. The van der Waals surface area contributed by atoms with E-state index in [0.717, 1.165) is 11.2 Å². The maximum absolute atomic E-state index is 13.5. The summed E-state index contributed by atoms with van der Waals surface area (Å²) in [6, 6.07) is 0. The first kappa shape index (κ1) is 13.8. The molecule has 1 aliphatic rings. The molecule has 0 aromatic heterocycles. The molecule has 1 fully saturated rings. The Morgan fingerprint density at radius 1 is 0.842 bits per heavy atom. The molecule has 0 aliphatic carbocycles. The van der Waals surface area contributed by atoms with E-state index in [1.165, 1.54) is 0 Å². The standard InChI is InChI=1S/C12H10F5NO/c13-7-8(14)10(16)12(11(17)9(7)15)18-3-1-6(5-19)2-4-18/h5-6H,1-4H2. The van der Waals surface area contributed by atoms with Gasteiger partial charge in [-0.05, 0) is 12.8 Å².